The van der Waals surface area contributed by atoms with Crippen molar-refractivity contribution >= 4 is 17.4 Å². The fraction of sp³-hybridized carbons (Fsp3) is 0.455. The van der Waals surface area contributed by atoms with Crippen LogP contribution in [0, 0.1) is 0 Å². The summed E-state index contributed by atoms with van der Waals surface area (Å²) in [5, 5.41) is 3.41. The second kappa shape index (κ2) is 5.88. The number of thioether (sulfide) groups is 1. The monoisotopic (exact) mass is 226 g/mol. The van der Waals surface area contributed by atoms with Gasteiger partial charge in [0.15, 0.2) is 0 Å². The van der Waals surface area contributed by atoms with Gasteiger partial charge in [-0.2, -0.15) is 0 Å². The molecule has 1 aromatic rings. The molecule has 0 bridgehead atoms. The first-order valence-corrected chi connectivity index (χ1v) is 6.06. The van der Waals surface area contributed by atoms with Gasteiger partial charge in [-0.25, -0.2) is 0 Å². The Labute approximate surface area is 95.8 Å². The Bertz CT molecular complexity index is 287. The lowest BCUT2D eigenvalue weighted by molar-refractivity contribution is 0.409. The van der Waals surface area contributed by atoms with Crippen LogP contribution in [0.2, 0.25) is 0 Å². The lowest BCUT2D eigenvalue weighted by Gasteiger charge is -2.24. The van der Waals surface area contributed by atoms with Gasteiger partial charge >= 0.3 is 0 Å². The van der Waals surface area contributed by atoms with Crippen LogP contribution in [0.3, 0.4) is 0 Å². The average Bonchev–Trinajstić information content (AvgIpc) is 2.26. The van der Waals surface area contributed by atoms with Crippen LogP contribution >= 0.6 is 11.8 Å². The predicted octanol–water partition coefficient (Wildman–Crippen LogP) is 2.32. The highest BCUT2D eigenvalue weighted by molar-refractivity contribution is 7.99. The first kappa shape index (κ1) is 12.2. The van der Waals surface area contributed by atoms with E-state index in [1.807, 2.05) is 24.3 Å². The molecular weight excluding hydrogens is 208 g/mol. The van der Waals surface area contributed by atoms with E-state index in [0.717, 1.165) is 11.4 Å². The summed E-state index contributed by atoms with van der Waals surface area (Å²) in [6, 6.07) is 7.95. The van der Waals surface area contributed by atoms with E-state index in [4.69, 9.17) is 4.74 Å². The largest absolute Gasteiger partial charge is 0.497 e. The molecule has 0 aromatic heterocycles. The summed E-state index contributed by atoms with van der Waals surface area (Å²) in [6.07, 6.45) is 2.08. The van der Waals surface area contributed by atoms with Crippen LogP contribution in [0.5, 0.6) is 5.75 Å². The van der Waals surface area contributed by atoms with Crippen molar-refractivity contribution in [2.45, 2.75) is 5.50 Å². The van der Waals surface area contributed by atoms with Crippen molar-refractivity contribution in [3.63, 3.8) is 0 Å². The summed E-state index contributed by atoms with van der Waals surface area (Å²) in [5.74, 6) is 0.881. The van der Waals surface area contributed by atoms with Gasteiger partial charge in [0, 0.05) is 5.69 Å². The number of rotatable bonds is 5. The molecule has 0 radical (unpaired) electrons. The van der Waals surface area contributed by atoms with Crippen molar-refractivity contribution in [1.82, 2.24) is 4.90 Å². The number of benzene rings is 1. The zero-order valence-corrected chi connectivity index (χ0v) is 10.5. The summed E-state index contributed by atoms with van der Waals surface area (Å²) in [5.41, 5.74) is 1.39. The minimum atomic E-state index is 0.290. The summed E-state index contributed by atoms with van der Waals surface area (Å²) in [4.78, 5) is 2.13. The van der Waals surface area contributed by atoms with E-state index in [2.05, 4.69) is 30.6 Å². The molecule has 1 aromatic carbocycles. The summed E-state index contributed by atoms with van der Waals surface area (Å²) in [7, 11) is 5.78. The minimum Gasteiger partial charge on any atom is -0.497 e. The third-order valence-electron chi connectivity index (χ3n) is 2.07. The summed E-state index contributed by atoms with van der Waals surface area (Å²) >= 11 is 1.77. The fourth-order valence-corrected chi connectivity index (χ4v) is 1.90. The number of ether oxygens (including phenoxy) is 1. The molecule has 4 heteroatoms. The molecule has 0 saturated carbocycles. The SMILES string of the molecule is COc1ccc(NC(SC)N(C)C)cc1. The molecular formula is C11H18N2OS. The van der Waals surface area contributed by atoms with Gasteiger partial charge in [0.2, 0.25) is 0 Å². The van der Waals surface area contributed by atoms with Crippen LogP contribution in [0.25, 0.3) is 0 Å². The van der Waals surface area contributed by atoms with Gasteiger partial charge in [0.05, 0.1) is 7.11 Å². The van der Waals surface area contributed by atoms with Gasteiger partial charge in [-0.15, -0.1) is 11.8 Å². The number of nitrogens with one attached hydrogen (secondary N) is 1. The van der Waals surface area contributed by atoms with Crippen molar-refractivity contribution in [2.24, 2.45) is 0 Å². The van der Waals surface area contributed by atoms with Crippen molar-refractivity contribution in [2.75, 3.05) is 32.8 Å². The lowest BCUT2D eigenvalue weighted by Crippen LogP contribution is -2.31. The normalized spacial score (nSPS) is 12.6. The molecule has 84 valence electrons. The Balaban J connectivity index is 2.63. The van der Waals surface area contributed by atoms with E-state index in [9.17, 15) is 0 Å². The number of nitrogens with zero attached hydrogens (tertiary/aromatic N) is 1. The van der Waals surface area contributed by atoms with Gasteiger partial charge in [-0.05, 0) is 44.6 Å². The maximum Gasteiger partial charge on any atom is 0.127 e. The summed E-state index contributed by atoms with van der Waals surface area (Å²) < 4.78 is 5.10. The van der Waals surface area contributed by atoms with E-state index in [1.165, 1.54) is 0 Å². The Morgan fingerprint density at radius 1 is 1.27 bits per heavy atom. The highest BCUT2D eigenvalue weighted by atomic mass is 32.2. The van der Waals surface area contributed by atoms with Crippen molar-refractivity contribution in [3.05, 3.63) is 24.3 Å². The smallest absolute Gasteiger partial charge is 0.127 e. The number of anilines is 1. The predicted molar refractivity (Wildman–Crippen MR) is 67.6 cm³/mol. The van der Waals surface area contributed by atoms with Crippen LogP contribution in [0.15, 0.2) is 24.3 Å². The molecule has 0 amide bonds. The first-order valence-electron chi connectivity index (χ1n) is 4.77. The van der Waals surface area contributed by atoms with Crippen molar-refractivity contribution < 1.29 is 4.74 Å². The summed E-state index contributed by atoms with van der Waals surface area (Å²) in [6.45, 7) is 0. The maximum absolute atomic E-state index is 5.10. The van der Waals surface area contributed by atoms with Crippen LogP contribution in [-0.4, -0.2) is 37.9 Å². The minimum absolute atomic E-state index is 0.290. The molecule has 0 fully saturated rings. The molecule has 0 aliphatic rings. The highest BCUT2D eigenvalue weighted by Gasteiger charge is 2.08. The van der Waals surface area contributed by atoms with Gasteiger partial charge in [0.1, 0.15) is 11.2 Å². The molecule has 0 spiro atoms. The standard InChI is InChI=1S/C11H18N2OS/c1-13(2)11(15-4)12-9-5-7-10(14-3)8-6-9/h5-8,11-12H,1-4H3. The average molecular weight is 226 g/mol. The van der Waals surface area contributed by atoms with Gasteiger partial charge < -0.3 is 10.1 Å². The molecule has 1 unspecified atom stereocenters. The molecule has 0 aliphatic carbocycles. The molecule has 1 atom stereocenters. The highest BCUT2D eigenvalue weighted by Crippen LogP contribution is 2.18. The molecule has 15 heavy (non-hydrogen) atoms. The Morgan fingerprint density at radius 3 is 2.27 bits per heavy atom. The van der Waals surface area contributed by atoms with E-state index in [1.54, 1.807) is 18.9 Å². The van der Waals surface area contributed by atoms with Crippen LogP contribution in [-0.2, 0) is 0 Å². The lowest BCUT2D eigenvalue weighted by atomic mass is 10.3. The van der Waals surface area contributed by atoms with E-state index < -0.39 is 0 Å². The zero-order chi connectivity index (χ0) is 11.3. The van der Waals surface area contributed by atoms with Gasteiger partial charge in [0.25, 0.3) is 0 Å². The second-order valence-corrected chi connectivity index (χ2v) is 4.34. The fourth-order valence-electron chi connectivity index (χ4n) is 1.23. The Kier molecular flexibility index (Phi) is 4.78. The second-order valence-electron chi connectivity index (χ2n) is 3.42. The Hall–Kier alpha value is -0.870. The van der Waals surface area contributed by atoms with Crippen molar-refractivity contribution in [3.8, 4) is 5.75 Å². The number of hydrogen-bond donors (Lipinski definition) is 1. The Morgan fingerprint density at radius 2 is 1.87 bits per heavy atom. The molecule has 0 heterocycles. The maximum atomic E-state index is 5.10. The van der Waals surface area contributed by atoms with E-state index >= 15 is 0 Å². The number of methoxy groups -OCH3 is 1. The van der Waals surface area contributed by atoms with Crippen LogP contribution in [0.4, 0.5) is 5.69 Å². The van der Waals surface area contributed by atoms with E-state index in [0.29, 0.717) is 5.50 Å². The quantitative estimate of drug-likeness (QED) is 0.779. The van der Waals surface area contributed by atoms with Gasteiger partial charge in [-0.1, -0.05) is 0 Å². The molecule has 0 saturated heterocycles. The topological polar surface area (TPSA) is 24.5 Å². The third kappa shape index (κ3) is 3.64. The zero-order valence-electron chi connectivity index (χ0n) is 9.65. The third-order valence-corrected chi connectivity index (χ3v) is 3.06. The first-order chi connectivity index (χ1) is 7.17. The van der Waals surface area contributed by atoms with E-state index in [-0.39, 0.29) is 0 Å². The van der Waals surface area contributed by atoms with Crippen LogP contribution in [0.1, 0.15) is 0 Å². The van der Waals surface area contributed by atoms with Crippen molar-refractivity contribution in [1.29, 1.82) is 0 Å². The molecule has 3 nitrogen and oxygen atoms in total. The molecule has 1 N–H and O–H groups in total. The molecule has 0 aliphatic heterocycles. The van der Waals surface area contributed by atoms with Crippen LogP contribution < -0.4 is 10.1 Å². The van der Waals surface area contributed by atoms with Gasteiger partial charge in [-0.3, -0.25) is 4.90 Å². The molecule has 1 rings (SSSR count). The number of hydrogen-bond acceptors (Lipinski definition) is 4.